The van der Waals surface area contributed by atoms with E-state index in [9.17, 15) is 8.42 Å². The summed E-state index contributed by atoms with van der Waals surface area (Å²) in [5, 5.41) is 0. The molecule has 0 radical (unpaired) electrons. The first-order valence-electron chi connectivity index (χ1n) is 6.61. The molecule has 0 aliphatic rings. The highest BCUT2D eigenvalue weighted by molar-refractivity contribution is 7.89. The number of rotatable bonds is 5. The zero-order valence-corrected chi connectivity index (χ0v) is 12.5. The van der Waals surface area contributed by atoms with Gasteiger partial charge in [0.25, 0.3) is 0 Å². The predicted molar refractivity (Wildman–Crippen MR) is 81.1 cm³/mol. The van der Waals surface area contributed by atoms with Gasteiger partial charge in [0.2, 0.25) is 10.0 Å². The molecule has 20 heavy (non-hydrogen) atoms. The van der Waals surface area contributed by atoms with Gasteiger partial charge in [0.05, 0.1) is 4.90 Å². The van der Waals surface area contributed by atoms with Crippen molar-refractivity contribution in [2.75, 3.05) is 0 Å². The average Bonchev–Trinajstić information content (AvgIpc) is 2.39. The summed E-state index contributed by atoms with van der Waals surface area (Å²) in [6.07, 6.45) is 0.673. The first-order valence-corrected chi connectivity index (χ1v) is 8.09. The van der Waals surface area contributed by atoms with Crippen LogP contribution in [-0.4, -0.2) is 14.5 Å². The molecule has 1 atom stereocenters. The van der Waals surface area contributed by atoms with Crippen LogP contribution in [0.15, 0.2) is 59.5 Å². The molecule has 2 rings (SSSR count). The Hall–Kier alpha value is -1.65. The van der Waals surface area contributed by atoms with Crippen LogP contribution in [0.4, 0.5) is 0 Å². The Labute approximate surface area is 120 Å². The molecule has 0 amide bonds. The molecule has 0 fully saturated rings. The third-order valence-electron chi connectivity index (χ3n) is 3.12. The van der Waals surface area contributed by atoms with Gasteiger partial charge in [-0.05, 0) is 37.5 Å². The molecule has 0 aliphatic carbocycles. The lowest BCUT2D eigenvalue weighted by Crippen LogP contribution is -2.34. The summed E-state index contributed by atoms with van der Waals surface area (Å²) < 4.78 is 27.4. The number of sulfonamides is 1. The summed E-state index contributed by atoms with van der Waals surface area (Å²) in [5.74, 6) is 0. The first kappa shape index (κ1) is 14.8. The fourth-order valence-electron chi connectivity index (χ4n) is 2.20. The number of hydrogen-bond donors (Lipinski definition) is 1. The van der Waals surface area contributed by atoms with Gasteiger partial charge in [0, 0.05) is 6.04 Å². The van der Waals surface area contributed by atoms with Gasteiger partial charge in [-0.1, -0.05) is 48.5 Å². The molecule has 0 bridgehead atoms. The second kappa shape index (κ2) is 6.20. The van der Waals surface area contributed by atoms with Crippen molar-refractivity contribution in [2.24, 2.45) is 0 Å². The molecule has 0 aromatic heterocycles. The Morgan fingerprint density at radius 1 is 1.00 bits per heavy atom. The third kappa shape index (κ3) is 3.68. The minimum Gasteiger partial charge on any atom is -0.208 e. The fraction of sp³-hybridized carbons (Fsp3) is 0.250. The monoisotopic (exact) mass is 289 g/mol. The highest BCUT2D eigenvalue weighted by Crippen LogP contribution is 2.15. The SMILES string of the molecule is Cc1ccccc1S(=O)(=O)NC(C)Cc1ccccc1. The Balaban J connectivity index is 2.11. The molecule has 0 spiro atoms. The van der Waals surface area contributed by atoms with Gasteiger partial charge >= 0.3 is 0 Å². The molecule has 1 unspecified atom stereocenters. The minimum atomic E-state index is -3.46. The van der Waals surface area contributed by atoms with Crippen LogP contribution < -0.4 is 4.72 Å². The summed E-state index contributed by atoms with van der Waals surface area (Å²) in [5.41, 5.74) is 1.87. The van der Waals surface area contributed by atoms with Crippen LogP contribution in [0.25, 0.3) is 0 Å². The highest BCUT2D eigenvalue weighted by Gasteiger charge is 2.19. The van der Waals surface area contributed by atoms with E-state index in [0.29, 0.717) is 11.3 Å². The van der Waals surface area contributed by atoms with Gasteiger partial charge in [-0.15, -0.1) is 0 Å². The molecule has 4 heteroatoms. The van der Waals surface area contributed by atoms with Crippen molar-refractivity contribution in [3.63, 3.8) is 0 Å². The molecule has 2 aromatic rings. The van der Waals surface area contributed by atoms with E-state index in [-0.39, 0.29) is 6.04 Å². The molecule has 0 aliphatic heterocycles. The van der Waals surface area contributed by atoms with Crippen LogP contribution in [-0.2, 0) is 16.4 Å². The molecule has 106 valence electrons. The quantitative estimate of drug-likeness (QED) is 0.920. The van der Waals surface area contributed by atoms with Crippen molar-refractivity contribution in [2.45, 2.75) is 31.2 Å². The van der Waals surface area contributed by atoms with Crippen LogP contribution >= 0.6 is 0 Å². The topological polar surface area (TPSA) is 46.2 Å². The van der Waals surface area contributed by atoms with Crippen LogP contribution in [0.1, 0.15) is 18.1 Å². The summed E-state index contributed by atoms with van der Waals surface area (Å²) >= 11 is 0. The van der Waals surface area contributed by atoms with E-state index in [1.807, 2.05) is 43.3 Å². The number of hydrogen-bond acceptors (Lipinski definition) is 2. The van der Waals surface area contributed by atoms with Crippen molar-refractivity contribution in [3.05, 3.63) is 65.7 Å². The zero-order chi connectivity index (χ0) is 14.6. The van der Waals surface area contributed by atoms with Crippen LogP contribution in [0, 0.1) is 6.92 Å². The number of nitrogens with one attached hydrogen (secondary N) is 1. The Morgan fingerprint density at radius 3 is 2.25 bits per heavy atom. The molecule has 3 nitrogen and oxygen atoms in total. The lowest BCUT2D eigenvalue weighted by atomic mass is 10.1. The van der Waals surface area contributed by atoms with Gasteiger partial charge in [-0.2, -0.15) is 0 Å². The van der Waals surface area contributed by atoms with Crippen molar-refractivity contribution in [3.8, 4) is 0 Å². The van der Waals surface area contributed by atoms with Gasteiger partial charge in [0.1, 0.15) is 0 Å². The van der Waals surface area contributed by atoms with Crippen LogP contribution in [0.5, 0.6) is 0 Å². The molecule has 0 saturated carbocycles. The minimum absolute atomic E-state index is 0.151. The number of benzene rings is 2. The average molecular weight is 289 g/mol. The standard InChI is InChI=1S/C16H19NO2S/c1-13-8-6-7-11-16(13)20(18,19)17-14(2)12-15-9-4-3-5-10-15/h3-11,14,17H,12H2,1-2H3. The second-order valence-electron chi connectivity index (χ2n) is 4.98. The maximum atomic E-state index is 12.3. The largest absolute Gasteiger partial charge is 0.241 e. The summed E-state index contributed by atoms with van der Waals surface area (Å²) in [4.78, 5) is 0.347. The Bertz CT molecular complexity index is 666. The van der Waals surface area contributed by atoms with E-state index in [4.69, 9.17) is 0 Å². The molecule has 1 N–H and O–H groups in total. The van der Waals surface area contributed by atoms with Crippen molar-refractivity contribution in [1.29, 1.82) is 0 Å². The lowest BCUT2D eigenvalue weighted by molar-refractivity contribution is 0.559. The Morgan fingerprint density at radius 2 is 1.60 bits per heavy atom. The van der Waals surface area contributed by atoms with Gasteiger partial charge < -0.3 is 0 Å². The second-order valence-corrected chi connectivity index (χ2v) is 6.66. The Kier molecular flexibility index (Phi) is 4.57. The summed E-state index contributed by atoms with van der Waals surface area (Å²) in [7, 11) is -3.46. The molecule has 0 saturated heterocycles. The highest BCUT2D eigenvalue weighted by atomic mass is 32.2. The van der Waals surface area contributed by atoms with Gasteiger partial charge in [-0.25, -0.2) is 13.1 Å². The van der Waals surface area contributed by atoms with Crippen LogP contribution in [0.3, 0.4) is 0 Å². The molecule has 0 heterocycles. The van der Waals surface area contributed by atoms with Crippen molar-refractivity contribution in [1.82, 2.24) is 4.72 Å². The van der Waals surface area contributed by atoms with E-state index in [1.165, 1.54) is 0 Å². The molecular weight excluding hydrogens is 270 g/mol. The summed E-state index contributed by atoms with van der Waals surface area (Å²) in [6.45, 7) is 3.68. The fourth-order valence-corrected chi connectivity index (χ4v) is 3.69. The molecular formula is C16H19NO2S. The summed E-state index contributed by atoms with van der Waals surface area (Å²) in [6, 6.07) is 16.7. The number of aryl methyl sites for hydroxylation is 1. The third-order valence-corrected chi connectivity index (χ3v) is 4.87. The van der Waals surface area contributed by atoms with E-state index < -0.39 is 10.0 Å². The normalized spacial score (nSPS) is 13.1. The van der Waals surface area contributed by atoms with Gasteiger partial charge in [-0.3, -0.25) is 0 Å². The molecule has 2 aromatic carbocycles. The van der Waals surface area contributed by atoms with E-state index in [0.717, 1.165) is 11.1 Å². The van der Waals surface area contributed by atoms with Crippen LogP contribution in [0.2, 0.25) is 0 Å². The van der Waals surface area contributed by atoms with Crippen molar-refractivity contribution >= 4 is 10.0 Å². The predicted octanol–water partition coefficient (Wildman–Crippen LogP) is 2.90. The smallest absolute Gasteiger partial charge is 0.208 e. The maximum Gasteiger partial charge on any atom is 0.241 e. The van der Waals surface area contributed by atoms with E-state index in [2.05, 4.69) is 4.72 Å². The van der Waals surface area contributed by atoms with Crippen molar-refractivity contribution < 1.29 is 8.42 Å². The zero-order valence-electron chi connectivity index (χ0n) is 11.7. The van der Waals surface area contributed by atoms with Gasteiger partial charge in [0.15, 0.2) is 0 Å². The first-order chi connectivity index (χ1) is 9.49. The maximum absolute atomic E-state index is 12.3. The van der Waals surface area contributed by atoms with E-state index in [1.54, 1.807) is 25.1 Å². The lowest BCUT2D eigenvalue weighted by Gasteiger charge is -2.15. The van der Waals surface area contributed by atoms with E-state index >= 15 is 0 Å².